The lowest BCUT2D eigenvalue weighted by atomic mass is 9.95. The number of aryl methyl sites for hydroxylation is 2. The number of nitrogens with zero attached hydrogens (tertiary/aromatic N) is 1. The molecule has 0 saturated heterocycles. The third-order valence-corrected chi connectivity index (χ3v) is 3.58. The first-order valence-corrected chi connectivity index (χ1v) is 6.94. The standard InChI is InChI=1S/C16H16FN3O/c17-11-5-7-12(8-6-11)21-16-13(15(18)19)9-10-3-1-2-4-14(10)20-16/h5-9H,1-4H2,(H3,18,19). The van der Waals surface area contributed by atoms with Gasteiger partial charge in [0.1, 0.15) is 17.4 Å². The molecule has 0 amide bonds. The predicted octanol–water partition coefficient (Wildman–Crippen LogP) is 3.18. The van der Waals surface area contributed by atoms with Crippen molar-refractivity contribution >= 4 is 5.84 Å². The summed E-state index contributed by atoms with van der Waals surface area (Å²) < 4.78 is 18.6. The maximum atomic E-state index is 12.9. The van der Waals surface area contributed by atoms with Gasteiger partial charge in [-0.05, 0) is 61.6 Å². The Bertz CT molecular complexity index is 683. The summed E-state index contributed by atoms with van der Waals surface area (Å²) in [7, 11) is 0. The Hall–Kier alpha value is -2.43. The summed E-state index contributed by atoms with van der Waals surface area (Å²) in [6.45, 7) is 0. The summed E-state index contributed by atoms with van der Waals surface area (Å²) in [5, 5.41) is 7.69. The van der Waals surface area contributed by atoms with Crippen LogP contribution in [0.4, 0.5) is 4.39 Å². The highest BCUT2D eigenvalue weighted by Crippen LogP contribution is 2.29. The van der Waals surface area contributed by atoms with Crippen LogP contribution in [0, 0.1) is 11.2 Å². The van der Waals surface area contributed by atoms with E-state index in [4.69, 9.17) is 15.9 Å². The summed E-state index contributed by atoms with van der Waals surface area (Å²) in [6.07, 6.45) is 4.10. The number of aromatic nitrogens is 1. The fourth-order valence-electron chi connectivity index (χ4n) is 2.50. The van der Waals surface area contributed by atoms with Gasteiger partial charge in [0, 0.05) is 5.69 Å². The van der Waals surface area contributed by atoms with Crippen molar-refractivity contribution in [1.82, 2.24) is 4.98 Å². The third-order valence-electron chi connectivity index (χ3n) is 3.58. The van der Waals surface area contributed by atoms with E-state index in [1.807, 2.05) is 6.07 Å². The Morgan fingerprint density at radius 3 is 2.62 bits per heavy atom. The highest BCUT2D eigenvalue weighted by atomic mass is 19.1. The first-order chi connectivity index (χ1) is 10.1. The minimum atomic E-state index is -0.326. The zero-order chi connectivity index (χ0) is 14.8. The Labute approximate surface area is 122 Å². The van der Waals surface area contributed by atoms with Crippen LogP contribution in [-0.2, 0) is 12.8 Å². The van der Waals surface area contributed by atoms with Gasteiger partial charge in [0.2, 0.25) is 5.88 Å². The molecule has 1 aromatic heterocycles. The Morgan fingerprint density at radius 1 is 1.19 bits per heavy atom. The molecule has 0 spiro atoms. The van der Waals surface area contributed by atoms with Gasteiger partial charge in [-0.1, -0.05) is 0 Å². The number of nitrogens with two attached hydrogens (primary N) is 1. The van der Waals surface area contributed by atoms with Gasteiger partial charge in [-0.25, -0.2) is 9.37 Å². The number of ether oxygens (including phenoxy) is 1. The largest absolute Gasteiger partial charge is 0.438 e. The topological polar surface area (TPSA) is 72.0 Å². The molecule has 1 heterocycles. The summed E-state index contributed by atoms with van der Waals surface area (Å²) in [5.41, 5.74) is 8.25. The molecule has 0 fully saturated rings. The summed E-state index contributed by atoms with van der Waals surface area (Å²) in [4.78, 5) is 4.52. The van der Waals surface area contributed by atoms with Gasteiger partial charge in [0.05, 0.1) is 5.56 Å². The van der Waals surface area contributed by atoms with E-state index in [0.717, 1.165) is 36.9 Å². The van der Waals surface area contributed by atoms with Crippen LogP contribution in [0.5, 0.6) is 11.6 Å². The van der Waals surface area contributed by atoms with Crippen LogP contribution in [0.15, 0.2) is 30.3 Å². The van der Waals surface area contributed by atoms with Crippen molar-refractivity contribution in [3.8, 4) is 11.6 Å². The van der Waals surface area contributed by atoms with Crippen LogP contribution < -0.4 is 10.5 Å². The molecule has 0 radical (unpaired) electrons. The lowest BCUT2D eigenvalue weighted by Gasteiger charge is -2.18. The van der Waals surface area contributed by atoms with Crippen LogP contribution in [0.25, 0.3) is 0 Å². The van der Waals surface area contributed by atoms with E-state index >= 15 is 0 Å². The van der Waals surface area contributed by atoms with Crippen LogP contribution >= 0.6 is 0 Å². The highest BCUT2D eigenvalue weighted by molar-refractivity contribution is 5.97. The molecule has 4 nitrogen and oxygen atoms in total. The number of nitrogen functional groups attached to an aromatic ring is 1. The number of pyridine rings is 1. The third kappa shape index (κ3) is 2.86. The van der Waals surface area contributed by atoms with Gasteiger partial charge >= 0.3 is 0 Å². The molecule has 5 heteroatoms. The van der Waals surface area contributed by atoms with Gasteiger partial charge < -0.3 is 10.5 Å². The first kappa shape index (κ1) is 13.5. The smallest absolute Gasteiger partial charge is 0.230 e. The highest BCUT2D eigenvalue weighted by Gasteiger charge is 2.18. The van der Waals surface area contributed by atoms with E-state index in [1.165, 1.54) is 24.3 Å². The predicted molar refractivity (Wildman–Crippen MR) is 78.4 cm³/mol. The van der Waals surface area contributed by atoms with E-state index in [-0.39, 0.29) is 11.7 Å². The molecule has 0 unspecified atom stereocenters. The SMILES string of the molecule is N=C(N)c1cc2c(nc1Oc1ccc(F)cc1)CCCC2. The Balaban J connectivity index is 1.99. The molecule has 2 aromatic rings. The molecule has 1 aromatic carbocycles. The quantitative estimate of drug-likeness (QED) is 0.672. The molecule has 0 aliphatic heterocycles. The van der Waals surface area contributed by atoms with Crippen LogP contribution in [0.3, 0.4) is 0 Å². The molecule has 0 bridgehead atoms. The fourth-order valence-corrected chi connectivity index (χ4v) is 2.50. The first-order valence-electron chi connectivity index (χ1n) is 6.94. The summed E-state index contributed by atoms with van der Waals surface area (Å²) in [6, 6.07) is 7.59. The zero-order valence-electron chi connectivity index (χ0n) is 11.5. The Morgan fingerprint density at radius 2 is 1.90 bits per heavy atom. The number of hydrogen-bond acceptors (Lipinski definition) is 3. The maximum absolute atomic E-state index is 12.9. The van der Waals surface area contributed by atoms with Crippen molar-refractivity contribution in [3.63, 3.8) is 0 Å². The summed E-state index contributed by atoms with van der Waals surface area (Å²) >= 11 is 0. The van der Waals surface area contributed by atoms with Gasteiger partial charge in [-0.3, -0.25) is 5.41 Å². The number of amidine groups is 1. The second-order valence-electron chi connectivity index (χ2n) is 5.12. The molecule has 3 N–H and O–H groups in total. The second-order valence-corrected chi connectivity index (χ2v) is 5.12. The molecular weight excluding hydrogens is 269 g/mol. The second kappa shape index (κ2) is 5.52. The number of hydrogen-bond donors (Lipinski definition) is 2. The minimum Gasteiger partial charge on any atom is -0.438 e. The number of nitrogens with one attached hydrogen (secondary N) is 1. The lowest BCUT2D eigenvalue weighted by Crippen LogP contribution is -2.16. The molecule has 0 saturated carbocycles. The van der Waals surface area contributed by atoms with Crippen LogP contribution in [0.2, 0.25) is 0 Å². The van der Waals surface area contributed by atoms with Crippen LogP contribution in [-0.4, -0.2) is 10.8 Å². The average Bonchev–Trinajstić information content (AvgIpc) is 2.48. The van der Waals surface area contributed by atoms with Gasteiger partial charge in [-0.15, -0.1) is 0 Å². The van der Waals surface area contributed by atoms with E-state index in [0.29, 0.717) is 17.2 Å². The zero-order valence-corrected chi connectivity index (χ0v) is 11.5. The van der Waals surface area contributed by atoms with E-state index < -0.39 is 0 Å². The van der Waals surface area contributed by atoms with Crippen molar-refractivity contribution in [2.75, 3.05) is 0 Å². The molecule has 108 valence electrons. The monoisotopic (exact) mass is 285 g/mol. The van der Waals surface area contributed by atoms with Crippen molar-refractivity contribution < 1.29 is 9.13 Å². The van der Waals surface area contributed by atoms with Gasteiger partial charge in [0.15, 0.2) is 0 Å². The fraction of sp³-hybridized carbons (Fsp3) is 0.250. The average molecular weight is 285 g/mol. The van der Waals surface area contributed by atoms with Crippen LogP contribution in [0.1, 0.15) is 29.7 Å². The van der Waals surface area contributed by atoms with Crippen molar-refractivity contribution in [2.24, 2.45) is 5.73 Å². The normalized spacial score (nSPS) is 13.6. The Kier molecular flexibility index (Phi) is 3.56. The lowest BCUT2D eigenvalue weighted by molar-refractivity contribution is 0.455. The van der Waals surface area contributed by atoms with Gasteiger partial charge in [0.25, 0.3) is 0 Å². The number of benzene rings is 1. The summed E-state index contributed by atoms with van der Waals surface area (Å²) in [5.74, 6) is 0.387. The van der Waals surface area contributed by atoms with Crippen molar-refractivity contribution in [3.05, 3.63) is 53.0 Å². The molecular formula is C16H16FN3O. The van der Waals surface area contributed by atoms with Crippen molar-refractivity contribution in [1.29, 1.82) is 5.41 Å². The maximum Gasteiger partial charge on any atom is 0.230 e. The van der Waals surface area contributed by atoms with E-state index in [9.17, 15) is 4.39 Å². The number of rotatable bonds is 3. The number of halogens is 1. The molecule has 3 rings (SSSR count). The molecule has 1 aliphatic carbocycles. The molecule has 0 atom stereocenters. The van der Waals surface area contributed by atoms with E-state index in [1.54, 1.807) is 0 Å². The number of fused-ring (bicyclic) bond motifs is 1. The van der Waals surface area contributed by atoms with Gasteiger partial charge in [-0.2, -0.15) is 0 Å². The minimum absolute atomic E-state index is 0.0759. The molecule has 1 aliphatic rings. The van der Waals surface area contributed by atoms with Crippen molar-refractivity contribution in [2.45, 2.75) is 25.7 Å². The molecule has 21 heavy (non-hydrogen) atoms. The van der Waals surface area contributed by atoms with E-state index in [2.05, 4.69) is 4.98 Å².